The van der Waals surface area contributed by atoms with E-state index in [-0.39, 0.29) is 0 Å². The number of carboxylic acid groups (broad SMARTS) is 1. The average molecular weight is 501 g/mol. The van der Waals surface area contributed by atoms with Crippen LogP contribution in [-0.2, 0) is 13.0 Å². The Bertz CT molecular complexity index is 1110. The van der Waals surface area contributed by atoms with Gasteiger partial charge in [0.25, 0.3) is 0 Å². The van der Waals surface area contributed by atoms with E-state index in [1.807, 2.05) is 12.1 Å². The monoisotopic (exact) mass is 500 g/mol. The summed E-state index contributed by atoms with van der Waals surface area (Å²) in [5.41, 5.74) is 6.62. The highest BCUT2D eigenvalue weighted by atomic mass is 79.9. The van der Waals surface area contributed by atoms with Crippen molar-refractivity contribution in [3.63, 3.8) is 0 Å². The van der Waals surface area contributed by atoms with Crippen LogP contribution in [0.15, 0.2) is 36.4 Å². The van der Waals surface area contributed by atoms with Gasteiger partial charge in [-0.3, -0.25) is 0 Å². The van der Waals surface area contributed by atoms with Gasteiger partial charge in [0.15, 0.2) is 0 Å². The molecule has 3 aromatic rings. The van der Waals surface area contributed by atoms with Crippen molar-refractivity contribution < 1.29 is 14.6 Å². The van der Waals surface area contributed by atoms with Crippen LogP contribution in [0.5, 0.6) is 5.75 Å². The number of benzene rings is 2. The van der Waals surface area contributed by atoms with Crippen LogP contribution < -0.4 is 4.74 Å². The topological polar surface area (TPSA) is 62.7 Å². The molecule has 31 heavy (non-hydrogen) atoms. The minimum Gasteiger partial charge on any atom is -0.493 e. The van der Waals surface area contributed by atoms with Crippen molar-refractivity contribution in [3.8, 4) is 27.4 Å². The van der Waals surface area contributed by atoms with E-state index in [2.05, 4.69) is 54.0 Å². The molecule has 5 nitrogen and oxygen atoms in total. The van der Waals surface area contributed by atoms with E-state index in [9.17, 15) is 9.90 Å². The third-order valence-corrected chi connectivity index (χ3v) is 7.42. The fraction of sp³-hybridized carbons (Fsp3) is 0.333. The van der Waals surface area contributed by atoms with Gasteiger partial charge in [-0.25, -0.2) is 9.78 Å². The van der Waals surface area contributed by atoms with Gasteiger partial charge in [-0.05, 0) is 48.6 Å². The van der Waals surface area contributed by atoms with Crippen molar-refractivity contribution in [3.05, 3.63) is 58.1 Å². The number of amides is 1. The maximum Gasteiger partial charge on any atom is 0.407 e. The Morgan fingerprint density at radius 2 is 1.87 bits per heavy atom. The molecule has 0 saturated heterocycles. The van der Waals surface area contributed by atoms with Gasteiger partial charge in [0.2, 0.25) is 0 Å². The number of hydrogen-bond acceptors (Lipinski definition) is 4. The van der Waals surface area contributed by atoms with Crippen LogP contribution in [0.25, 0.3) is 21.7 Å². The lowest BCUT2D eigenvalue weighted by atomic mass is 9.93. The standard InChI is InChI=1S/C24H25BrN2O3S/c1-15-17(18-7-4-9-21(16(18)2)30-13-5-11-25)6-3-8-19(15)23-26-20-14-27(24(28)29)12-10-22(20)31-23/h3-4,6-9H,5,10-14H2,1-2H3,(H,28,29). The summed E-state index contributed by atoms with van der Waals surface area (Å²) >= 11 is 5.13. The second-order valence-electron chi connectivity index (χ2n) is 7.64. The highest BCUT2D eigenvalue weighted by molar-refractivity contribution is 9.09. The van der Waals surface area contributed by atoms with Crippen LogP contribution >= 0.6 is 27.3 Å². The van der Waals surface area contributed by atoms with Crippen LogP contribution in [0.1, 0.15) is 28.1 Å². The number of nitrogens with zero attached hydrogens (tertiary/aromatic N) is 2. The van der Waals surface area contributed by atoms with Gasteiger partial charge in [-0.15, -0.1) is 11.3 Å². The number of thiazole rings is 1. The normalized spacial score (nSPS) is 13.2. The summed E-state index contributed by atoms with van der Waals surface area (Å²) in [6.07, 6.45) is 0.809. The van der Waals surface area contributed by atoms with Crippen molar-refractivity contribution in [2.24, 2.45) is 0 Å². The zero-order valence-electron chi connectivity index (χ0n) is 17.7. The molecule has 1 aromatic heterocycles. The summed E-state index contributed by atoms with van der Waals surface area (Å²) in [4.78, 5) is 18.8. The molecule has 162 valence electrons. The number of halogens is 1. The zero-order chi connectivity index (χ0) is 22.0. The fourth-order valence-corrected chi connectivity index (χ4v) is 5.31. The SMILES string of the molecule is Cc1c(OCCCBr)cccc1-c1cccc(-c2nc3c(s2)CCN(C(=O)O)C3)c1C. The molecule has 1 N–H and O–H groups in total. The first-order valence-electron chi connectivity index (χ1n) is 10.3. The number of hydrogen-bond donors (Lipinski definition) is 1. The van der Waals surface area contributed by atoms with Crippen LogP contribution in [0.4, 0.5) is 4.79 Å². The Morgan fingerprint density at radius 1 is 1.16 bits per heavy atom. The number of aromatic nitrogens is 1. The van der Waals surface area contributed by atoms with Crippen LogP contribution in [-0.4, -0.2) is 39.6 Å². The van der Waals surface area contributed by atoms with Gasteiger partial charge in [0.05, 0.1) is 18.8 Å². The lowest BCUT2D eigenvalue weighted by molar-refractivity contribution is 0.139. The molecule has 0 bridgehead atoms. The molecule has 7 heteroatoms. The van der Waals surface area contributed by atoms with Gasteiger partial charge in [0.1, 0.15) is 10.8 Å². The lowest BCUT2D eigenvalue weighted by Crippen LogP contribution is -2.34. The third-order valence-electron chi connectivity index (χ3n) is 5.67. The maximum atomic E-state index is 11.3. The molecule has 0 fully saturated rings. The first kappa shape index (κ1) is 21.8. The Labute approximate surface area is 194 Å². The van der Waals surface area contributed by atoms with Crippen molar-refractivity contribution >= 4 is 33.4 Å². The van der Waals surface area contributed by atoms with E-state index in [4.69, 9.17) is 9.72 Å². The Balaban J connectivity index is 1.68. The summed E-state index contributed by atoms with van der Waals surface area (Å²) in [6, 6.07) is 12.5. The molecular formula is C24H25BrN2O3S. The van der Waals surface area contributed by atoms with Gasteiger partial charge in [-0.1, -0.05) is 46.3 Å². The summed E-state index contributed by atoms with van der Waals surface area (Å²) in [6.45, 7) is 5.82. The van der Waals surface area contributed by atoms with Gasteiger partial charge >= 0.3 is 6.09 Å². The number of carbonyl (C=O) groups is 1. The molecule has 0 saturated carbocycles. The Hall–Kier alpha value is -2.38. The molecule has 0 spiro atoms. The lowest BCUT2D eigenvalue weighted by Gasteiger charge is -2.22. The fourth-order valence-electron chi connectivity index (χ4n) is 3.94. The summed E-state index contributed by atoms with van der Waals surface area (Å²) in [5, 5.41) is 11.2. The molecule has 0 aliphatic carbocycles. The molecule has 1 aliphatic rings. The largest absolute Gasteiger partial charge is 0.493 e. The summed E-state index contributed by atoms with van der Waals surface area (Å²) < 4.78 is 5.99. The number of fused-ring (bicyclic) bond motifs is 1. The number of rotatable bonds is 6. The minimum absolute atomic E-state index is 0.368. The Morgan fingerprint density at radius 3 is 2.61 bits per heavy atom. The smallest absolute Gasteiger partial charge is 0.407 e. The second-order valence-corrected chi connectivity index (χ2v) is 9.52. The predicted molar refractivity (Wildman–Crippen MR) is 129 cm³/mol. The summed E-state index contributed by atoms with van der Waals surface area (Å²) in [5.74, 6) is 0.918. The molecule has 2 heterocycles. The maximum absolute atomic E-state index is 11.3. The van der Waals surface area contributed by atoms with Crippen molar-refractivity contribution in [2.45, 2.75) is 33.2 Å². The molecule has 1 aliphatic heterocycles. The molecular weight excluding hydrogens is 476 g/mol. The highest BCUT2D eigenvalue weighted by Crippen LogP contribution is 2.38. The molecule has 0 unspecified atom stereocenters. The highest BCUT2D eigenvalue weighted by Gasteiger charge is 2.24. The molecule has 0 atom stereocenters. The quantitative estimate of drug-likeness (QED) is 0.318. The van der Waals surface area contributed by atoms with E-state index in [1.54, 1.807) is 11.3 Å². The molecule has 2 aromatic carbocycles. The van der Waals surface area contributed by atoms with E-state index in [1.165, 1.54) is 20.9 Å². The van der Waals surface area contributed by atoms with Crippen LogP contribution in [0, 0.1) is 13.8 Å². The van der Waals surface area contributed by atoms with E-state index in [0.29, 0.717) is 19.7 Å². The van der Waals surface area contributed by atoms with Crippen LogP contribution in [0.2, 0.25) is 0 Å². The molecule has 4 rings (SSSR count). The van der Waals surface area contributed by atoms with E-state index < -0.39 is 6.09 Å². The van der Waals surface area contributed by atoms with Gasteiger partial charge in [0, 0.05) is 28.7 Å². The van der Waals surface area contributed by atoms with Gasteiger partial charge < -0.3 is 14.7 Å². The van der Waals surface area contributed by atoms with Crippen molar-refractivity contribution in [2.75, 3.05) is 18.5 Å². The van der Waals surface area contributed by atoms with Crippen molar-refractivity contribution in [1.82, 2.24) is 9.88 Å². The van der Waals surface area contributed by atoms with Gasteiger partial charge in [-0.2, -0.15) is 0 Å². The average Bonchev–Trinajstić information content (AvgIpc) is 3.18. The number of ether oxygens (including phenoxy) is 1. The van der Waals surface area contributed by atoms with Crippen LogP contribution in [0.3, 0.4) is 0 Å². The number of alkyl halides is 1. The Kier molecular flexibility index (Phi) is 6.62. The minimum atomic E-state index is -0.882. The first-order chi connectivity index (χ1) is 15.0. The van der Waals surface area contributed by atoms with Crippen molar-refractivity contribution in [1.29, 1.82) is 0 Å². The predicted octanol–water partition coefficient (Wildman–Crippen LogP) is 6.29. The third kappa shape index (κ3) is 4.48. The zero-order valence-corrected chi connectivity index (χ0v) is 20.1. The second kappa shape index (κ2) is 9.40. The first-order valence-corrected chi connectivity index (χ1v) is 12.3. The molecule has 1 amide bonds. The van der Waals surface area contributed by atoms with E-state index in [0.717, 1.165) is 51.3 Å². The van der Waals surface area contributed by atoms with E-state index >= 15 is 0 Å². The molecule has 0 radical (unpaired) electrons. The summed E-state index contributed by atoms with van der Waals surface area (Å²) in [7, 11) is 0.